The van der Waals surface area contributed by atoms with Crippen LogP contribution in [0.2, 0.25) is 0 Å². The molecule has 1 aliphatic carbocycles. The van der Waals surface area contributed by atoms with Gasteiger partial charge in [-0.3, -0.25) is 9.59 Å². The Bertz CT molecular complexity index is 665. The number of hydrogen-bond acceptors (Lipinski definition) is 6. The summed E-state index contributed by atoms with van der Waals surface area (Å²) in [7, 11) is 0. The number of hydrogen-bond donors (Lipinski definition) is 1. The van der Waals surface area contributed by atoms with Crippen LogP contribution in [0.25, 0.3) is 0 Å². The van der Waals surface area contributed by atoms with Gasteiger partial charge in [-0.25, -0.2) is 4.79 Å². The third-order valence-corrected chi connectivity index (χ3v) is 5.40. The Hall–Kier alpha value is -2.15. The molecule has 0 amide bonds. The third-order valence-electron chi connectivity index (χ3n) is 5.40. The van der Waals surface area contributed by atoms with E-state index in [1.807, 2.05) is 6.92 Å². The van der Waals surface area contributed by atoms with Crippen molar-refractivity contribution in [3.05, 3.63) is 23.8 Å². The fourth-order valence-electron chi connectivity index (χ4n) is 3.71. The molecule has 0 saturated carbocycles. The molecule has 2 aliphatic heterocycles. The Morgan fingerprint density at radius 3 is 2.92 bits per heavy atom. The van der Waals surface area contributed by atoms with Crippen LogP contribution in [0.15, 0.2) is 23.8 Å². The van der Waals surface area contributed by atoms with Crippen molar-refractivity contribution in [2.45, 2.75) is 63.3 Å². The zero-order valence-electron chi connectivity index (χ0n) is 14.9. The molecule has 3 aliphatic rings. The first-order valence-corrected chi connectivity index (χ1v) is 8.93. The first kappa shape index (κ1) is 18.6. The van der Waals surface area contributed by atoms with E-state index in [-0.39, 0.29) is 49.1 Å². The Morgan fingerprint density at radius 2 is 2.19 bits per heavy atom. The van der Waals surface area contributed by atoms with E-state index in [0.717, 1.165) is 18.4 Å². The van der Waals surface area contributed by atoms with Crippen molar-refractivity contribution in [3.63, 3.8) is 0 Å². The SMILES string of the molecule is C=C1C(=O)O[C@@H]2[C@H]3O[C@]3(C)CC/C=C(/COC(=O)CCC(=O)O)CC[C@@H]12. The van der Waals surface area contributed by atoms with E-state index in [4.69, 9.17) is 19.3 Å². The van der Waals surface area contributed by atoms with E-state index in [1.165, 1.54) is 0 Å². The van der Waals surface area contributed by atoms with E-state index < -0.39 is 11.9 Å². The van der Waals surface area contributed by atoms with Crippen molar-refractivity contribution in [3.8, 4) is 0 Å². The molecule has 0 aromatic carbocycles. The third kappa shape index (κ3) is 3.98. The van der Waals surface area contributed by atoms with Crippen LogP contribution in [0.3, 0.4) is 0 Å². The van der Waals surface area contributed by atoms with Gasteiger partial charge in [0.1, 0.15) is 18.8 Å². The van der Waals surface area contributed by atoms with Gasteiger partial charge in [0.15, 0.2) is 0 Å². The highest BCUT2D eigenvalue weighted by Crippen LogP contribution is 2.49. The van der Waals surface area contributed by atoms with Gasteiger partial charge in [-0.1, -0.05) is 12.7 Å². The van der Waals surface area contributed by atoms with Gasteiger partial charge < -0.3 is 19.3 Å². The van der Waals surface area contributed by atoms with Crippen LogP contribution in [-0.2, 0) is 28.6 Å². The molecule has 0 spiro atoms. The zero-order chi connectivity index (χ0) is 18.9. The fraction of sp³-hybridized carbons (Fsp3) is 0.632. The number of esters is 2. The van der Waals surface area contributed by atoms with Crippen molar-refractivity contribution in [1.82, 2.24) is 0 Å². The Balaban J connectivity index is 1.62. The molecule has 7 heteroatoms. The first-order chi connectivity index (χ1) is 12.3. The van der Waals surface area contributed by atoms with Crippen molar-refractivity contribution in [2.75, 3.05) is 6.61 Å². The number of carboxylic acid groups (broad SMARTS) is 1. The minimum atomic E-state index is -1.03. The van der Waals surface area contributed by atoms with Gasteiger partial charge in [-0.05, 0) is 38.2 Å². The summed E-state index contributed by atoms with van der Waals surface area (Å²) in [6.45, 7) is 6.03. The smallest absolute Gasteiger partial charge is 0.334 e. The van der Waals surface area contributed by atoms with Crippen LogP contribution in [0, 0.1) is 5.92 Å². The van der Waals surface area contributed by atoms with E-state index in [0.29, 0.717) is 18.4 Å². The van der Waals surface area contributed by atoms with Crippen LogP contribution in [0.1, 0.15) is 45.4 Å². The standard InChI is InChI=1S/C19H24O7/c1-11-13-6-5-12(10-24-15(22)8-7-14(20)21)4-3-9-19(2)17(26-19)16(13)25-18(11)23/h4,13,16-17H,1,3,5-10H2,2H3,(H,20,21)/b12-4+/t13-,16-,17+,19+/m0/s1. The minimum absolute atomic E-state index is 0.0838. The second-order valence-electron chi connectivity index (χ2n) is 7.35. The number of fused-ring (bicyclic) bond motifs is 3. The van der Waals surface area contributed by atoms with Gasteiger partial charge in [0, 0.05) is 11.5 Å². The van der Waals surface area contributed by atoms with Gasteiger partial charge >= 0.3 is 17.9 Å². The fourth-order valence-corrected chi connectivity index (χ4v) is 3.71. The molecular weight excluding hydrogens is 340 g/mol. The maximum atomic E-state index is 11.9. The quantitative estimate of drug-likeness (QED) is 0.345. The van der Waals surface area contributed by atoms with Gasteiger partial charge in [0.2, 0.25) is 0 Å². The number of ether oxygens (including phenoxy) is 3. The topological polar surface area (TPSA) is 102 Å². The number of aliphatic carboxylic acids is 1. The van der Waals surface area contributed by atoms with E-state index in [1.54, 1.807) is 0 Å². The molecule has 2 fully saturated rings. The van der Waals surface area contributed by atoms with Crippen LogP contribution in [0.4, 0.5) is 0 Å². The van der Waals surface area contributed by atoms with E-state index in [9.17, 15) is 14.4 Å². The molecule has 1 N–H and O–H groups in total. The number of carbonyl (C=O) groups is 3. The van der Waals surface area contributed by atoms with Crippen molar-refractivity contribution < 1.29 is 33.7 Å². The lowest BCUT2D eigenvalue weighted by Crippen LogP contribution is -2.29. The molecule has 2 saturated heterocycles. The normalized spacial score (nSPS) is 35.4. The van der Waals surface area contributed by atoms with E-state index >= 15 is 0 Å². The molecule has 26 heavy (non-hydrogen) atoms. The van der Waals surface area contributed by atoms with Crippen molar-refractivity contribution in [2.24, 2.45) is 5.92 Å². The predicted octanol–water partition coefficient (Wildman–Crippen LogP) is 2.15. The van der Waals surface area contributed by atoms with Gasteiger partial charge in [-0.2, -0.15) is 0 Å². The molecule has 0 bridgehead atoms. The second-order valence-corrected chi connectivity index (χ2v) is 7.35. The average Bonchev–Trinajstić information content (AvgIpc) is 3.17. The maximum Gasteiger partial charge on any atom is 0.334 e. The number of carboxylic acids is 1. The summed E-state index contributed by atoms with van der Waals surface area (Å²) in [4.78, 5) is 34.1. The highest BCUT2D eigenvalue weighted by Gasteiger charge is 2.61. The summed E-state index contributed by atoms with van der Waals surface area (Å²) in [6, 6.07) is 0. The largest absolute Gasteiger partial charge is 0.481 e. The molecule has 7 nitrogen and oxygen atoms in total. The molecule has 3 rings (SSSR count). The van der Waals surface area contributed by atoms with Gasteiger partial charge in [0.05, 0.1) is 18.4 Å². The zero-order valence-corrected chi connectivity index (χ0v) is 14.9. The molecule has 0 unspecified atom stereocenters. The number of carbonyl (C=O) groups excluding carboxylic acids is 2. The van der Waals surface area contributed by atoms with Crippen LogP contribution >= 0.6 is 0 Å². The molecule has 2 heterocycles. The lowest BCUT2D eigenvalue weighted by Gasteiger charge is -2.20. The molecule has 0 aromatic heterocycles. The van der Waals surface area contributed by atoms with Crippen LogP contribution in [-0.4, -0.2) is 47.4 Å². The summed E-state index contributed by atoms with van der Waals surface area (Å²) in [5.74, 6) is -2.01. The average molecular weight is 364 g/mol. The highest BCUT2D eigenvalue weighted by atomic mass is 16.6. The van der Waals surface area contributed by atoms with Crippen molar-refractivity contribution >= 4 is 17.9 Å². The maximum absolute atomic E-state index is 11.9. The second kappa shape index (κ2) is 7.23. The summed E-state index contributed by atoms with van der Waals surface area (Å²) < 4.78 is 16.5. The molecule has 0 aromatic rings. The minimum Gasteiger partial charge on any atom is -0.481 e. The summed E-state index contributed by atoms with van der Waals surface area (Å²) in [6.07, 6.45) is 4.20. The molecule has 0 radical (unpaired) electrons. The molecule has 142 valence electrons. The number of rotatable bonds is 5. The predicted molar refractivity (Wildman–Crippen MR) is 90.2 cm³/mol. The van der Waals surface area contributed by atoms with Gasteiger partial charge in [-0.15, -0.1) is 0 Å². The Kier molecular flexibility index (Phi) is 5.18. The van der Waals surface area contributed by atoms with Crippen molar-refractivity contribution in [1.29, 1.82) is 0 Å². The highest BCUT2D eigenvalue weighted by molar-refractivity contribution is 5.91. The lowest BCUT2D eigenvalue weighted by molar-refractivity contribution is -0.147. The van der Waals surface area contributed by atoms with Crippen LogP contribution < -0.4 is 0 Å². The Labute approximate surface area is 152 Å². The lowest BCUT2D eigenvalue weighted by atomic mass is 9.84. The number of epoxide rings is 1. The summed E-state index contributed by atoms with van der Waals surface area (Å²) in [5.41, 5.74) is 1.14. The first-order valence-electron chi connectivity index (χ1n) is 8.93. The van der Waals surface area contributed by atoms with E-state index in [2.05, 4.69) is 12.7 Å². The number of allylic oxidation sites excluding steroid dienone is 1. The molecule has 4 atom stereocenters. The summed E-state index contributed by atoms with van der Waals surface area (Å²) >= 11 is 0. The van der Waals surface area contributed by atoms with Gasteiger partial charge in [0.25, 0.3) is 0 Å². The summed E-state index contributed by atoms with van der Waals surface area (Å²) in [5, 5.41) is 8.61. The molecular formula is C19H24O7. The monoisotopic (exact) mass is 364 g/mol. The van der Waals surface area contributed by atoms with Crippen LogP contribution in [0.5, 0.6) is 0 Å². The Morgan fingerprint density at radius 1 is 1.42 bits per heavy atom.